The molecule has 0 amide bonds. The SMILES string of the molecule is C[C@H](CCC(=O)OC1CCCCO1)[C@H]1CC[C@H]2[C@@H]3CCC4CC=CC[C@]4(C)[C@H]3CC[C@]12C. The van der Waals surface area contributed by atoms with E-state index in [-0.39, 0.29) is 12.3 Å². The van der Waals surface area contributed by atoms with Crippen LogP contribution in [-0.2, 0) is 14.3 Å². The standard InChI is InChI=1S/C29H46O3/c1-20(10-15-26(30)32-27-9-5-7-19-31-27)23-13-14-24-22-12-11-21-8-4-6-17-28(21,2)25(22)16-18-29(23,24)3/h4,6,20-25,27H,5,7-19H2,1-3H3/t20-,21?,22+,23-,24+,25+,27?,28+,29-/m1/s1. The van der Waals surface area contributed by atoms with Crippen LogP contribution in [0.2, 0.25) is 0 Å². The Morgan fingerprint density at radius 1 is 1.03 bits per heavy atom. The Morgan fingerprint density at radius 3 is 2.69 bits per heavy atom. The molecule has 0 N–H and O–H groups in total. The maximum atomic E-state index is 12.4. The van der Waals surface area contributed by atoms with Crippen molar-refractivity contribution in [2.45, 2.75) is 111 Å². The highest BCUT2D eigenvalue weighted by Gasteiger charge is 2.59. The number of fused-ring (bicyclic) bond motifs is 5. The molecule has 3 heteroatoms. The molecule has 1 heterocycles. The lowest BCUT2D eigenvalue weighted by atomic mass is 9.45. The maximum absolute atomic E-state index is 12.4. The van der Waals surface area contributed by atoms with E-state index in [1.54, 1.807) is 0 Å². The van der Waals surface area contributed by atoms with Crippen molar-refractivity contribution < 1.29 is 14.3 Å². The van der Waals surface area contributed by atoms with Crippen molar-refractivity contribution in [3.63, 3.8) is 0 Å². The quantitative estimate of drug-likeness (QED) is 0.331. The number of rotatable bonds is 5. The van der Waals surface area contributed by atoms with E-state index in [2.05, 4.69) is 32.9 Å². The van der Waals surface area contributed by atoms with Crippen LogP contribution in [-0.4, -0.2) is 18.9 Å². The Kier molecular flexibility index (Phi) is 6.51. The number of esters is 1. The molecule has 0 aromatic carbocycles. The first-order valence-corrected chi connectivity index (χ1v) is 13.9. The molecule has 1 aliphatic heterocycles. The van der Waals surface area contributed by atoms with Crippen molar-refractivity contribution in [1.82, 2.24) is 0 Å². The fourth-order valence-electron chi connectivity index (χ4n) is 9.37. The van der Waals surface area contributed by atoms with E-state index in [0.29, 0.717) is 23.2 Å². The zero-order valence-electron chi connectivity index (χ0n) is 20.8. The molecule has 0 aromatic heterocycles. The fraction of sp³-hybridized carbons (Fsp3) is 0.897. The van der Waals surface area contributed by atoms with E-state index in [9.17, 15) is 4.79 Å². The summed E-state index contributed by atoms with van der Waals surface area (Å²) in [6.45, 7) is 8.41. The van der Waals surface area contributed by atoms with E-state index in [0.717, 1.165) is 61.9 Å². The molecule has 4 aliphatic carbocycles. The molecule has 1 saturated heterocycles. The third kappa shape index (κ3) is 3.99. The van der Waals surface area contributed by atoms with Gasteiger partial charge in [0.2, 0.25) is 6.29 Å². The lowest BCUT2D eigenvalue weighted by molar-refractivity contribution is -0.187. The van der Waals surface area contributed by atoms with E-state index in [1.807, 2.05) is 0 Å². The van der Waals surface area contributed by atoms with Crippen LogP contribution >= 0.6 is 0 Å². The molecular formula is C29H46O3. The highest BCUT2D eigenvalue weighted by atomic mass is 16.7. The Bertz CT molecular complexity index is 709. The van der Waals surface area contributed by atoms with Crippen LogP contribution in [0.15, 0.2) is 12.2 Å². The zero-order chi connectivity index (χ0) is 22.3. The first-order chi connectivity index (χ1) is 15.4. The van der Waals surface area contributed by atoms with Crippen molar-refractivity contribution in [1.29, 1.82) is 0 Å². The minimum absolute atomic E-state index is 0.0521. The summed E-state index contributed by atoms with van der Waals surface area (Å²) in [6.07, 6.45) is 20.4. The van der Waals surface area contributed by atoms with Gasteiger partial charge in [0.05, 0.1) is 6.61 Å². The molecule has 3 nitrogen and oxygen atoms in total. The van der Waals surface area contributed by atoms with Crippen LogP contribution in [0.3, 0.4) is 0 Å². The summed E-state index contributed by atoms with van der Waals surface area (Å²) in [5, 5.41) is 0. The third-order valence-corrected chi connectivity index (χ3v) is 11.2. The van der Waals surface area contributed by atoms with Gasteiger partial charge in [-0.25, -0.2) is 0 Å². The second-order valence-corrected chi connectivity index (χ2v) is 12.6. The Balaban J connectivity index is 1.20. The number of hydrogen-bond acceptors (Lipinski definition) is 3. The molecule has 4 fully saturated rings. The van der Waals surface area contributed by atoms with Gasteiger partial charge in [0.25, 0.3) is 0 Å². The molecule has 2 unspecified atom stereocenters. The van der Waals surface area contributed by atoms with Crippen LogP contribution < -0.4 is 0 Å². The number of carbonyl (C=O) groups excluding carboxylic acids is 1. The van der Waals surface area contributed by atoms with Gasteiger partial charge in [-0.3, -0.25) is 4.79 Å². The number of carbonyl (C=O) groups is 1. The van der Waals surface area contributed by atoms with Crippen LogP contribution in [0.1, 0.15) is 104 Å². The van der Waals surface area contributed by atoms with E-state index >= 15 is 0 Å². The third-order valence-electron chi connectivity index (χ3n) is 11.2. The van der Waals surface area contributed by atoms with E-state index in [4.69, 9.17) is 9.47 Å². The van der Waals surface area contributed by atoms with Gasteiger partial charge in [0, 0.05) is 12.8 Å². The first kappa shape index (κ1) is 22.9. The second kappa shape index (κ2) is 9.08. The predicted octanol–water partition coefficient (Wildman–Crippen LogP) is 7.30. The topological polar surface area (TPSA) is 35.5 Å². The molecule has 5 aliphatic rings. The number of hydrogen-bond donors (Lipinski definition) is 0. The summed E-state index contributed by atoms with van der Waals surface area (Å²) in [7, 11) is 0. The first-order valence-electron chi connectivity index (χ1n) is 13.9. The molecule has 9 atom stereocenters. The smallest absolute Gasteiger partial charge is 0.308 e. The average molecular weight is 443 g/mol. The van der Waals surface area contributed by atoms with Gasteiger partial charge in [0.1, 0.15) is 0 Å². The summed E-state index contributed by atoms with van der Waals surface area (Å²) in [4.78, 5) is 12.4. The molecule has 0 spiro atoms. The Hall–Kier alpha value is -0.830. The van der Waals surface area contributed by atoms with Crippen molar-refractivity contribution >= 4 is 5.97 Å². The molecule has 180 valence electrons. The van der Waals surface area contributed by atoms with E-state index in [1.165, 1.54) is 51.4 Å². The number of ether oxygens (including phenoxy) is 2. The molecule has 3 saturated carbocycles. The lowest BCUT2D eigenvalue weighted by Crippen LogP contribution is -2.52. The summed E-state index contributed by atoms with van der Waals surface area (Å²) in [5.41, 5.74) is 1.03. The molecule has 0 bridgehead atoms. The second-order valence-electron chi connectivity index (χ2n) is 12.6. The van der Waals surface area contributed by atoms with Crippen LogP contribution in [0.25, 0.3) is 0 Å². The zero-order valence-corrected chi connectivity index (χ0v) is 20.8. The highest BCUT2D eigenvalue weighted by molar-refractivity contribution is 5.69. The summed E-state index contributed by atoms with van der Waals surface area (Å²) in [5.74, 6) is 5.02. The normalized spacial score (nSPS) is 46.6. The van der Waals surface area contributed by atoms with Gasteiger partial charge in [-0.2, -0.15) is 0 Å². The van der Waals surface area contributed by atoms with Gasteiger partial charge >= 0.3 is 5.97 Å². The minimum atomic E-state index is -0.290. The van der Waals surface area contributed by atoms with Crippen molar-refractivity contribution in [2.24, 2.45) is 46.3 Å². The van der Waals surface area contributed by atoms with E-state index < -0.39 is 0 Å². The molecule has 5 rings (SSSR count). The van der Waals surface area contributed by atoms with Crippen LogP contribution in [0, 0.1) is 46.3 Å². The van der Waals surface area contributed by atoms with Gasteiger partial charge < -0.3 is 9.47 Å². The highest BCUT2D eigenvalue weighted by Crippen LogP contribution is 2.68. The van der Waals surface area contributed by atoms with Crippen LogP contribution in [0.4, 0.5) is 0 Å². The van der Waals surface area contributed by atoms with Gasteiger partial charge in [0.15, 0.2) is 0 Å². The Morgan fingerprint density at radius 2 is 1.88 bits per heavy atom. The molecule has 32 heavy (non-hydrogen) atoms. The van der Waals surface area contributed by atoms with Crippen LogP contribution in [0.5, 0.6) is 0 Å². The summed E-state index contributed by atoms with van der Waals surface area (Å²) < 4.78 is 11.2. The minimum Gasteiger partial charge on any atom is -0.436 e. The molecule has 0 radical (unpaired) electrons. The summed E-state index contributed by atoms with van der Waals surface area (Å²) >= 11 is 0. The van der Waals surface area contributed by atoms with Gasteiger partial charge in [-0.05, 0) is 117 Å². The van der Waals surface area contributed by atoms with Crippen molar-refractivity contribution in [3.8, 4) is 0 Å². The van der Waals surface area contributed by atoms with Crippen molar-refractivity contribution in [3.05, 3.63) is 12.2 Å². The predicted molar refractivity (Wildman–Crippen MR) is 128 cm³/mol. The monoisotopic (exact) mass is 442 g/mol. The average Bonchev–Trinajstić information content (AvgIpc) is 3.15. The van der Waals surface area contributed by atoms with Gasteiger partial charge in [-0.1, -0.05) is 32.9 Å². The number of allylic oxidation sites excluding steroid dienone is 2. The summed E-state index contributed by atoms with van der Waals surface area (Å²) in [6, 6.07) is 0. The maximum Gasteiger partial charge on any atom is 0.308 e. The Labute approximate surface area is 196 Å². The largest absolute Gasteiger partial charge is 0.436 e. The molecular weight excluding hydrogens is 396 g/mol. The van der Waals surface area contributed by atoms with Gasteiger partial charge in [-0.15, -0.1) is 0 Å². The lowest BCUT2D eigenvalue weighted by Gasteiger charge is -2.60. The fourth-order valence-corrected chi connectivity index (χ4v) is 9.37. The van der Waals surface area contributed by atoms with Crippen molar-refractivity contribution in [2.75, 3.05) is 6.61 Å². The molecule has 0 aromatic rings.